The summed E-state index contributed by atoms with van der Waals surface area (Å²) in [5.41, 5.74) is 4.16. The molecule has 1 aromatic heterocycles. The first-order chi connectivity index (χ1) is 14.2. The molecule has 3 aromatic rings. The number of hydrogen-bond acceptors (Lipinski definition) is 6. The summed E-state index contributed by atoms with van der Waals surface area (Å²) in [7, 11) is 0. The highest BCUT2D eigenvalue weighted by atomic mass is 32.2. The molecule has 1 saturated heterocycles. The second-order valence-electron chi connectivity index (χ2n) is 7.07. The average molecular weight is 407 g/mol. The molecule has 0 atom stereocenters. The van der Waals surface area contributed by atoms with Crippen LogP contribution in [0.4, 0.5) is 11.4 Å². The molecular formula is C22H22N4O2S. The molecule has 4 rings (SSSR count). The molecule has 0 unspecified atom stereocenters. The largest absolute Gasteiger partial charge is 0.372 e. The Balaban J connectivity index is 1.38. The Morgan fingerprint density at radius 3 is 2.45 bits per heavy atom. The molecule has 1 aliphatic rings. The minimum atomic E-state index is -0.376. The van der Waals surface area contributed by atoms with Gasteiger partial charge >= 0.3 is 0 Å². The lowest BCUT2D eigenvalue weighted by molar-refractivity contribution is -0.384. The number of thioether (sulfide) groups is 1. The predicted octanol–water partition coefficient (Wildman–Crippen LogP) is 5.33. The van der Waals surface area contributed by atoms with Crippen molar-refractivity contribution in [3.63, 3.8) is 0 Å². The zero-order valence-electron chi connectivity index (χ0n) is 16.0. The van der Waals surface area contributed by atoms with Gasteiger partial charge in [0.1, 0.15) is 5.03 Å². The predicted molar refractivity (Wildman–Crippen MR) is 116 cm³/mol. The maximum atomic E-state index is 10.9. The molecule has 0 saturated carbocycles. The van der Waals surface area contributed by atoms with Crippen molar-refractivity contribution >= 4 is 23.1 Å². The lowest BCUT2D eigenvalue weighted by Crippen LogP contribution is -2.29. The molecule has 0 aliphatic carbocycles. The van der Waals surface area contributed by atoms with E-state index >= 15 is 0 Å². The first-order valence-electron chi connectivity index (χ1n) is 9.74. The second-order valence-corrected chi connectivity index (χ2v) is 8.06. The number of non-ortho nitro benzene ring substituents is 1. The fraction of sp³-hybridized carbons (Fsp3) is 0.273. The zero-order valence-corrected chi connectivity index (χ0v) is 16.8. The molecule has 148 valence electrons. The van der Waals surface area contributed by atoms with Crippen LogP contribution in [0.1, 0.15) is 24.8 Å². The van der Waals surface area contributed by atoms with Crippen LogP contribution in [0.15, 0.2) is 65.7 Å². The third-order valence-corrected chi connectivity index (χ3v) is 6.02. The SMILES string of the molecule is O=[N+]([O-])c1cccc(CSc2ccc(-c3ccc(N4CCCCC4)cc3)nn2)c1. The van der Waals surface area contributed by atoms with E-state index in [1.54, 1.807) is 12.1 Å². The molecule has 29 heavy (non-hydrogen) atoms. The van der Waals surface area contributed by atoms with Crippen molar-refractivity contribution in [2.75, 3.05) is 18.0 Å². The van der Waals surface area contributed by atoms with Gasteiger partial charge in [0.2, 0.25) is 0 Å². The van der Waals surface area contributed by atoms with Crippen LogP contribution in [0, 0.1) is 10.1 Å². The molecule has 0 bridgehead atoms. The number of nitro benzene ring substituents is 1. The van der Waals surface area contributed by atoms with E-state index in [-0.39, 0.29) is 10.6 Å². The summed E-state index contributed by atoms with van der Waals surface area (Å²) in [5, 5.41) is 20.3. The number of nitro groups is 1. The summed E-state index contributed by atoms with van der Waals surface area (Å²) < 4.78 is 0. The Morgan fingerprint density at radius 2 is 1.76 bits per heavy atom. The fourth-order valence-electron chi connectivity index (χ4n) is 3.46. The van der Waals surface area contributed by atoms with Crippen LogP contribution in [0.5, 0.6) is 0 Å². The van der Waals surface area contributed by atoms with Gasteiger partial charge in [-0.2, -0.15) is 0 Å². The highest BCUT2D eigenvalue weighted by Gasteiger charge is 2.11. The van der Waals surface area contributed by atoms with Gasteiger partial charge in [0.15, 0.2) is 0 Å². The van der Waals surface area contributed by atoms with Gasteiger partial charge in [0.05, 0.1) is 10.6 Å². The Kier molecular flexibility index (Phi) is 6.05. The molecule has 7 heteroatoms. The topological polar surface area (TPSA) is 72.2 Å². The van der Waals surface area contributed by atoms with Gasteiger partial charge in [-0.1, -0.05) is 36.0 Å². The molecule has 0 spiro atoms. The van der Waals surface area contributed by atoms with Gasteiger partial charge in [0, 0.05) is 42.2 Å². The molecule has 6 nitrogen and oxygen atoms in total. The minimum absolute atomic E-state index is 0.109. The number of benzene rings is 2. The fourth-order valence-corrected chi connectivity index (χ4v) is 4.22. The minimum Gasteiger partial charge on any atom is -0.372 e. The molecule has 2 heterocycles. The molecular weight excluding hydrogens is 384 g/mol. The van der Waals surface area contributed by atoms with Crippen molar-refractivity contribution < 1.29 is 4.92 Å². The van der Waals surface area contributed by atoms with Crippen molar-refractivity contribution in [3.05, 3.63) is 76.3 Å². The number of hydrogen-bond donors (Lipinski definition) is 0. The van der Waals surface area contributed by atoms with E-state index < -0.39 is 0 Å². The Bertz CT molecular complexity index is 971. The van der Waals surface area contributed by atoms with E-state index in [2.05, 4.69) is 39.4 Å². The number of anilines is 1. The third kappa shape index (κ3) is 4.92. The van der Waals surface area contributed by atoms with Crippen molar-refractivity contribution in [3.8, 4) is 11.3 Å². The van der Waals surface area contributed by atoms with Gasteiger partial charge in [0.25, 0.3) is 5.69 Å². The highest BCUT2D eigenvalue weighted by Crippen LogP contribution is 2.26. The van der Waals surface area contributed by atoms with Gasteiger partial charge in [-0.3, -0.25) is 10.1 Å². The Morgan fingerprint density at radius 1 is 0.966 bits per heavy atom. The van der Waals surface area contributed by atoms with Gasteiger partial charge in [-0.25, -0.2) is 0 Å². The summed E-state index contributed by atoms with van der Waals surface area (Å²) in [6.45, 7) is 2.27. The Hall–Kier alpha value is -2.93. The number of nitrogens with zero attached hydrogens (tertiary/aromatic N) is 4. The normalized spacial score (nSPS) is 14.0. The van der Waals surface area contributed by atoms with Crippen LogP contribution in [-0.4, -0.2) is 28.2 Å². The smallest absolute Gasteiger partial charge is 0.269 e. The molecule has 0 radical (unpaired) electrons. The first kappa shape index (κ1) is 19.4. The van der Waals surface area contributed by atoms with Crippen LogP contribution in [-0.2, 0) is 5.75 Å². The van der Waals surface area contributed by atoms with Crippen LogP contribution >= 0.6 is 11.8 Å². The standard InChI is InChI=1S/C22H22N4O2S/c27-26(28)20-6-4-5-17(15-20)16-29-22-12-11-21(23-24-22)18-7-9-19(10-8-18)25-13-2-1-3-14-25/h4-12,15H,1-3,13-14,16H2. The lowest BCUT2D eigenvalue weighted by Gasteiger charge is -2.28. The first-order valence-corrected chi connectivity index (χ1v) is 10.7. The van der Waals surface area contributed by atoms with E-state index in [1.165, 1.54) is 42.8 Å². The van der Waals surface area contributed by atoms with Gasteiger partial charge in [-0.05, 0) is 49.1 Å². The van der Waals surface area contributed by atoms with E-state index in [0.717, 1.165) is 34.9 Å². The van der Waals surface area contributed by atoms with E-state index in [9.17, 15) is 10.1 Å². The molecule has 0 N–H and O–H groups in total. The quantitative estimate of drug-likeness (QED) is 0.313. The van der Waals surface area contributed by atoms with Gasteiger partial charge < -0.3 is 4.90 Å². The number of piperidine rings is 1. The second kappa shape index (κ2) is 9.05. The monoisotopic (exact) mass is 406 g/mol. The maximum absolute atomic E-state index is 10.9. The van der Waals surface area contributed by atoms with Crippen LogP contribution in [0.3, 0.4) is 0 Å². The molecule has 2 aromatic carbocycles. The molecule has 1 aliphatic heterocycles. The highest BCUT2D eigenvalue weighted by molar-refractivity contribution is 7.98. The van der Waals surface area contributed by atoms with Crippen molar-refractivity contribution in [2.45, 2.75) is 30.0 Å². The van der Waals surface area contributed by atoms with Crippen LogP contribution in [0.25, 0.3) is 11.3 Å². The van der Waals surface area contributed by atoms with Crippen LogP contribution in [0.2, 0.25) is 0 Å². The van der Waals surface area contributed by atoms with Gasteiger partial charge in [-0.15, -0.1) is 10.2 Å². The van der Waals surface area contributed by atoms with Crippen molar-refractivity contribution in [1.82, 2.24) is 10.2 Å². The Labute approximate surface area is 174 Å². The lowest BCUT2D eigenvalue weighted by atomic mass is 10.1. The zero-order chi connectivity index (χ0) is 20.1. The van der Waals surface area contributed by atoms with Crippen LogP contribution < -0.4 is 4.90 Å². The third-order valence-electron chi connectivity index (χ3n) is 5.03. The number of rotatable bonds is 6. The summed E-state index contributed by atoms with van der Waals surface area (Å²) in [6, 6.07) is 19.1. The van der Waals surface area contributed by atoms with Crippen molar-refractivity contribution in [2.24, 2.45) is 0 Å². The van der Waals surface area contributed by atoms with E-state index in [0.29, 0.717) is 5.75 Å². The molecule has 0 amide bonds. The summed E-state index contributed by atoms with van der Waals surface area (Å²) >= 11 is 1.52. The van der Waals surface area contributed by atoms with E-state index in [4.69, 9.17) is 0 Å². The maximum Gasteiger partial charge on any atom is 0.269 e. The number of aromatic nitrogens is 2. The summed E-state index contributed by atoms with van der Waals surface area (Å²) in [6.07, 6.45) is 3.86. The summed E-state index contributed by atoms with van der Waals surface area (Å²) in [5.74, 6) is 0.611. The molecule has 1 fully saturated rings. The summed E-state index contributed by atoms with van der Waals surface area (Å²) in [4.78, 5) is 12.9. The van der Waals surface area contributed by atoms with Crippen molar-refractivity contribution in [1.29, 1.82) is 0 Å². The van der Waals surface area contributed by atoms with E-state index in [1.807, 2.05) is 18.2 Å². The average Bonchev–Trinajstić information content (AvgIpc) is 2.79.